The molecule has 1 heterocycles. The van der Waals surface area contributed by atoms with Crippen LogP contribution in [0, 0.1) is 0 Å². The van der Waals surface area contributed by atoms with Gasteiger partial charge in [0.25, 0.3) is 0 Å². The quantitative estimate of drug-likeness (QED) is 0.632. The molecule has 0 aromatic rings. The van der Waals surface area contributed by atoms with Gasteiger partial charge in [0.05, 0.1) is 12.7 Å². The summed E-state index contributed by atoms with van der Waals surface area (Å²) in [5.41, 5.74) is 0. The summed E-state index contributed by atoms with van der Waals surface area (Å²) < 4.78 is 10.3. The van der Waals surface area contributed by atoms with E-state index in [1.54, 1.807) is 7.11 Å². The highest BCUT2D eigenvalue weighted by Crippen LogP contribution is 2.12. The molecule has 5 heteroatoms. The van der Waals surface area contributed by atoms with Crippen molar-refractivity contribution in [1.29, 1.82) is 0 Å². The van der Waals surface area contributed by atoms with Gasteiger partial charge < -0.3 is 20.1 Å². The Morgan fingerprint density at radius 1 is 1.47 bits per heavy atom. The normalized spacial score (nSPS) is 24.6. The number of amides is 1. The standard InChI is InChI=1S/C12H24N2O3/c1-10-9-11(4-7-17-10)13-5-3-12(15)14-6-8-16-2/h10-11,13H,3-9H2,1-2H3,(H,14,15). The van der Waals surface area contributed by atoms with E-state index in [1.807, 2.05) is 0 Å². The number of carbonyl (C=O) groups is 1. The van der Waals surface area contributed by atoms with Crippen molar-refractivity contribution < 1.29 is 14.3 Å². The molecule has 0 bridgehead atoms. The van der Waals surface area contributed by atoms with Gasteiger partial charge in [0, 0.05) is 39.3 Å². The van der Waals surface area contributed by atoms with Gasteiger partial charge in [-0.15, -0.1) is 0 Å². The number of carbonyl (C=O) groups excluding carboxylic acids is 1. The van der Waals surface area contributed by atoms with Crippen LogP contribution < -0.4 is 10.6 Å². The van der Waals surface area contributed by atoms with E-state index in [1.165, 1.54) is 0 Å². The van der Waals surface area contributed by atoms with Crippen LogP contribution in [-0.4, -0.2) is 51.5 Å². The molecule has 100 valence electrons. The maximum absolute atomic E-state index is 11.4. The predicted molar refractivity (Wildman–Crippen MR) is 65.9 cm³/mol. The second-order valence-electron chi connectivity index (χ2n) is 4.45. The summed E-state index contributed by atoms with van der Waals surface area (Å²) in [6.07, 6.45) is 2.92. The molecule has 0 saturated carbocycles. The molecule has 0 aromatic carbocycles. The van der Waals surface area contributed by atoms with Crippen LogP contribution in [-0.2, 0) is 14.3 Å². The first-order valence-electron chi connectivity index (χ1n) is 6.33. The van der Waals surface area contributed by atoms with E-state index >= 15 is 0 Å². The monoisotopic (exact) mass is 244 g/mol. The molecular weight excluding hydrogens is 220 g/mol. The molecule has 1 saturated heterocycles. The average molecular weight is 244 g/mol. The van der Waals surface area contributed by atoms with Crippen LogP contribution in [0.1, 0.15) is 26.2 Å². The molecule has 1 amide bonds. The molecule has 5 nitrogen and oxygen atoms in total. The van der Waals surface area contributed by atoms with Crippen LogP contribution >= 0.6 is 0 Å². The molecule has 0 radical (unpaired) electrons. The van der Waals surface area contributed by atoms with Gasteiger partial charge in [-0.25, -0.2) is 0 Å². The Labute approximate surface area is 103 Å². The fraction of sp³-hybridized carbons (Fsp3) is 0.917. The molecule has 0 aliphatic carbocycles. The lowest BCUT2D eigenvalue weighted by Gasteiger charge is -2.28. The van der Waals surface area contributed by atoms with Crippen molar-refractivity contribution in [3.05, 3.63) is 0 Å². The van der Waals surface area contributed by atoms with Crippen molar-refractivity contribution in [1.82, 2.24) is 10.6 Å². The lowest BCUT2D eigenvalue weighted by molar-refractivity contribution is -0.121. The first kappa shape index (κ1) is 14.4. The zero-order valence-corrected chi connectivity index (χ0v) is 10.8. The molecular formula is C12H24N2O3. The van der Waals surface area contributed by atoms with E-state index in [-0.39, 0.29) is 5.91 Å². The lowest BCUT2D eigenvalue weighted by atomic mass is 10.0. The van der Waals surface area contributed by atoms with Crippen molar-refractivity contribution in [2.45, 2.75) is 38.3 Å². The number of hydrogen-bond acceptors (Lipinski definition) is 4. The van der Waals surface area contributed by atoms with Gasteiger partial charge in [-0.05, 0) is 19.8 Å². The average Bonchev–Trinajstić information content (AvgIpc) is 2.29. The molecule has 17 heavy (non-hydrogen) atoms. The first-order valence-corrected chi connectivity index (χ1v) is 6.33. The number of rotatable bonds is 7. The first-order chi connectivity index (χ1) is 8.22. The Bertz CT molecular complexity index is 224. The second-order valence-corrected chi connectivity index (χ2v) is 4.45. The third-order valence-corrected chi connectivity index (χ3v) is 2.90. The van der Waals surface area contributed by atoms with Crippen LogP contribution in [0.2, 0.25) is 0 Å². The number of nitrogens with one attached hydrogen (secondary N) is 2. The molecule has 2 atom stereocenters. The Balaban J connectivity index is 2.00. The van der Waals surface area contributed by atoms with E-state index in [2.05, 4.69) is 17.6 Å². The van der Waals surface area contributed by atoms with Crippen LogP contribution in [0.25, 0.3) is 0 Å². The fourth-order valence-electron chi connectivity index (χ4n) is 1.95. The Morgan fingerprint density at radius 3 is 3.00 bits per heavy atom. The lowest BCUT2D eigenvalue weighted by Crippen LogP contribution is -2.39. The van der Waals surface area contributed by atoms with E-state index in [0.717, 1.165) is 26.0 Å². The molecule has 1 rings (SSSR count). The van der Waals surface area contributed by atoms with Gasteiger partial charge in [-0.3, -0.25) is 4.79 Å². The zero-order chi connectivity index (χ0) is 12.5. The molecule has 2 unspecified atom stereocenters. The zero-order valence-electron chi connectivity index (χ0n) is 10.8. The number of methoxy groups -OCH3 is 1. The molecule has 0 aromatic heterocycles. The third kappa shape index (κ3) is 6.61. The van der Waals surface area contributed by atoms with Crippen LogP contribution in [0.15, 0.2) is 0 Å². The molecule has 2 N–H and O–H groups in total. The van der Waals surface area contributed by atoms with E-state index in [0.29, 0.717) is 31.7 Å². The van der Waals surface area contributed by atoms with Crippen molar-refractivity contribution in [2.24, 2.45) is 0 Å². The fourth-order valence-corrected chi connectivity index (χ4v) is 1.95. The van der Waals surface area contributed by atoms with Gasteiger partial charge in [-0.2, -0.15) is 0 Å². The second kappa shape index (κ2) is 8.44. The van der Waals surface area contributed by atoms with Gasteiger partial charge in [0.2, 0.25) is 5.91 Å². The highest BCUT2D eigenvalue weighted by molar-refractivity contribution is 5.76. The molecule has 0 spiro atoms. The van der Waals surface area contributed by atoms with Crippen molar-refractivity contribution in [2.75, 3.05) is 33.4 Å². The van der Waals surface area contributed by atoms with E-state index in [9.17, 15) is 4.79 Å². The Morgan fingerprint density at radius 2 is 2.29 bits per heavy atom. The maximum Gasteiger partial charge on any atom is 0.221 e. The third-order valence-electron chi connectivity index (χ3n) is 2.90. The van der Waals surface area contributed by atoms with Gasteiger partial charge in [-0.1, -0.05) is 0 Å². The van der Waals surface area contributed by atoms with Crippen LogP contribution in [0.4, 0.5) is 0 Å². The number of ether oxygens (including phenoxy) is 2. The smallest absolute Gasteiger partial charge is 0.221 e. The Hall–Kier alpha value is -0.650. The highest BCUT2D eigenvalue weighted by atomic mass is 16.5. The van der Waals surface area contributed by atoms with E-state index < -0.39 is 0 Å². The predicted octanol–water partition coefficient (Wildman–Crippen LogP) is 0.296. The van der Waals surface area contributed by atoms with Gasteiger partial charge in [0.1, 0.15) is 0 Å². The number of hydrogen-bond donors (Lipinski definition) is 2. The molecule has 1 aliphatic rings. The summed E-state index contributed by atoms with van der Waals surface area (Å²) >= 11 is 0. The summed E-state index contributed by atoms with van der Waals surface area (Å²) in [5.74, 6) is 0.0784. The summed E-state index contributed by atoms with van der Waals surface area (Å²) in [5, 5.41) is 6.20. The molecule has 1 aliphatic heterocycles. The highest BCUT2D eigenvalue weighted by Gasteiger charge is 2.18. The Kier molecular flexibility index (Phi) is 7.16. The van der Waals surface area contributed by atoms with Crippen molar-refractivity contribution in [3.63, 3.8) is 0 Å². The SMILES string of the molecule is COCCNC(=O)CCNC1CCOC(C)C1. The largest absolute Gasteiger partial charge is 0.383 e. The summed E-state index contributed by atoms with van der Waals surface area (Å²) in [6, 6.07) is 0.491. The minimum atomic E-state index is 0.0784. The molecule has 1 fully saturated rings. The maximum atomic E-state index is 11.4. The topological polar surface area (TPSA) is 59.6 Å². The summed E-state index contributed by atoms with van der Waals surface area (Å²) in [7, 11) is 1.63. The van der Waals surface area contributed by atoms with E-state index in [4.69, 9.17) is 9.47 Å². The summed E-state index contributed by atoms with van der Waals surface area (Å²) in [6.45, 7) is 4.79. The van der Waals surface area contributed by atoms with Gasteiger partial charge >= 0.3 is 0 Å². The summed E-state index contributed by atoms with van der Waals surface area (Å²) in [4.78, 5) is 11.4. The van der Waals surface area contributed by atoms with Crippen LogP contribution in [0.5, 0.6) is 0 Å². The minimum absolute atomic E-state index is 0.0784. The van der Waals surface area contributed by atoms with Crippen molar-refractivity contribution >= 4 is 5.91 Å². The minimum Gasteiger partial charge on any atom is -0.383 e. The van der Waals surface area contributed by atoms with Gasteiger partial charge in [0.15, 0.2) is 0 Å². The van der Waals surface area contributed by atoms with Crippen LogP contribution in [0.3, 0.4) is 0 Å². The van der Waals surface area contributed by atoms with Crippen molar-refractivity contribution in [3.8, 4) is 0 Å².